The van der Waals surface area contributed by atoms with E-state index < -0.39 is 26.6 Å². The molecule has 0 spiro atoms. The smallest absolute Gasteiger partial charge is 0.306 e. The molecule has 10 heteroatoms. The van der Waals surface area contributed by atoms with E-state index in [0.717, 1.165) is 96.3 Å². The molecule has 0 saturated carbocycles. The third-order valence-corrected chi connectivity index (χ3v) is 13.2. The fourth-order valence-corrected chi connectivity index (χ4v) is 8.50. The molecule has 1 N–H and O–H groups in total. The van der Waals surface area contributed by atoms with Crippen molar-refractivity contribution in [2.45, 2.75) is 245 Å². The third-order valence-electron chi connectivity index (χ3n) is 12.3. The Labute approximate surface area is 443 Å². The molecule has 72 heavy (non-hydrogen) atoms. The van der Waals surface area contributed by atoms with E-state index in [4.69, 9.17) is 13.8 Å². The van der Waals surface area contributed by atoms with Crippen LogP contribution in [0.25, 0.3) is 0 Å². The second-order valence-electron chi connectivity index (χ2n) is 20.4. The van der Waals surface area contributed by atoms with E-state index in [1.165, 1.54) is 89.9 Å². The van der Waals surface area contributed by atoms with Gasteiger partial charge in [-0.15, -0.1) is 0 Å². The molecule has 9 nitrogen and oxygen atoms in total. The van der Waals surface area contributed by atoms with E-state index in [9.17, 15) is 19.0 Å². The largest absolute Gasteiger partial charge is 0.756 e. The number of carbonyl (C=O) groups is 2. The van der Waals surface area contributed by atoms with Crippen LogP contribution < -0.4 is 10.2 Å². The highest BCUT2D eigenvalue weighted by Gasteiger charge is 2.27. The maximum atomic E-state index is 13.4. The van der Waals surface area contributed by atoms with Crippen molar-refractivity contribution in [3.63, 3.8) is 0 Å². The number of esters is 1. The summed E-state index contributed by atoms with van der Waals surface area (Å²) in [5, 5.41) is 2.97. The second-order valence-corrected chi connectivity index (χ2v) is 21.8. The molecular formula is C62H109N2O7P. The minimum atomic E-state index is -4.72. The Balaban J connectivity index is 5.40. The summed E-state index contributed by atoms with van der Waals surface area (Å²) in [6.07, 6.45) is 68.2. The van der Waals surface area contributed by atoms with Gasteiger partial charge in [0.15, 0.2) is 0 Å². The van der Waals surface area contributed by atoms with Crippen molar-refractivity contribution in [3.05, 3.63) is 97.2 Å². The van der Waals surface area contributed by atoms with Crippen molar-refractivity contribution in [3.8, 4) is 0 Å². The molecule has 1 amide bonds. The topological polar surface area (TPSA) is 114 Å². The van der Waals surface area contributed by atoms with E-state index in [0.29, 0.717) is 23.9 Å². The summed E-state index contributed by atoms with van der Waals surface area (Å²) in [6.45, 7) is 6.64. The number of nitrogens with one attached hydrogen (secondary N) is 1. The molecule has 0 rings (SSSR count). The maximum Gasteiger partial charge on any atom is 0.306 e. The van der Waals surface area contributed by atoms with Gasteiger partial charge in [0.1, 0.15) is 19.3 Å². The average Bonchev–Trinajstić information content (AvgIpc) is 3.34. The summed E-state index contributed by atoms with van der Waals surface area (Å²) in [4.78, 5) is 39.8. The lowest BCUT2D eigenvalue weighted by molar-refractivity contribution is -0.870. The number of quaternary nitrogens is 1. The van der Waals surface area contributed by atoms with Crippen molar-refractivity contribution in [2.75, 3.05) is 40.9 Å². The second kappa shape index (κ2) is 51.4. The van der Waals surface area contributed by atoms with Crippen LogP contribution in [0.1, 0.15) is 233 Å². The molecule has 0 fully saturated rings. The minimum absolute atomic E-state index is 0.0393. The summed E-state index contributed by atoms with van der Waals surface area (Å²) < 4.78 is 30.2. The Morgan fingerprint density at radius 3 is 1.36 bits per heavy atom. The van der Waals surface area contributed by atoms with Crippen LogP contribution in [0.4, 0.5) is 0 Å². The number of amides is 1. The quantitative estimate of drug-likeness (QED) is 0.0212. The zero-order chi connectivity index (χ0) is 52.9. The van der Waals surface area contributed by atoms with E-state index in [1.807, 2.05) is 33.3 Å². The van der Waals surface area contributed by atoms with E-state index in [-0.39, 0.29) is 31.3 Å². The zero-order valence-electron chi connectivity index (χ0n) is 47.1. The third kappa shape index (κ3) is 51.8. The van der Waals surface area contributed by atoms with Crippen LogP contribution >= 0.6 is 7.82 Å². The lowest BCUT2D eigenvalue weighted by Gasteiger charge is -2.30. The highest BCUT2D eigenvalue weighted by Crippen LogP contribution is 2.38. The predicted molar refractivity (Wildman–Crippen MR) is 307 cm³/mol. The number of carbonyl (C=O) groups excluding carboxylic acids is 2. The van der Waals surface area contributed by atoms with Gasteiger partial charge in [0, 0.05) is 12.8 Å². The number of hydrogen-bond donors (Lipinski definition) is 1. The summed E-state index contributed by atoms with van der Waals surface area (Å²) >= 11 is 0. The van der Waals surface area contributed by atoms with Crippen LogP contribution in [0.2, 0.25) is 0 Å². The van der Waals surface area contributed by atoms with Gasteiger partial charge in [0.05, 0.1) is 33.8 Å². The SMILES string of the molecule is CC/C=C\C/C=C\C/C=C\C/C=C\C/C=C\CCCCCCCC(=O)OC(/C=C\CCCCCCCCCCCC)C(COP(=O)([O-])OCC[N+](C)(C)C)NC(=O)CC/C=C/C/C=C\CCCCCCCC. The standard InChI is InChI=1S/C62H109N2O7P/c1-7-10-13-16-19-22-25-28-29-30-31-32-33-34-35-37-40-43-46-49-52-55-62(66)71-60(53-50-47-44-41-38-27-24-21-18-15-12-9-3)59(58-70-72(67,68)69-57-56-64(4,5)6)63-61(65)54-51-48-45-42-39-36-26-23-20-17-14-11-8-2/h10,13,19,22,28-29,31-32,34-36,39,45,48,50,53,59-60H,7-9,11-12,14-18,20-21,23-27,30,33,37-38,40-44,46-47,49,51-52,54-58H2,1-6H3,(H-,63,65,67,68)/b13-10-,22-19-,29-28-,32-31-,35-34-,39-36-,48-45+,53-50-. The van der Waals surface area contributed by atoms with E-state index >= 15 is 0 Å². The summed E-state index contributed by atoms with van der Waals surface area (Å²) in [7, 11) is 1.13. The molecule has 0 aromatic rings. The first kappa shape index (κ1) is 68.9. The van der Waals surface area contributed by atoms with Gasteiger partial charge in [0.2, 0.25) is 5.91 Å². The molecule has 0 aliphatic carbocycles. The van der Waals surface area contributed by atoms with Crippen molar-refractivity contribution in [2.24, 2.45) is 0 Å². The zero-order valence-corrected chi connectivity index (χ0v) is 48.0. The molecule has 0 aromatic carbocycles. The van der Waals surface area contributed by atoms with Gasteiger partial charge in [-0.25, -0.2) is 0 Å². The molecule has 0 saturated heterocycles. The lowest BCUT2D eigenvalue weighted by atomic mass is 10.1. The number of phosphoric ester groups is 1. The van der Waals surface area contributed by atoms with Gasteiger partial charge in [-0.05, 0) is 96.0 Å². The van der Waals surface area contributed by atoms with Crippen molar-refractivity contribution in [1.29, 1.82) is 0 Å². The monoisotopic (exact) mass is 1020 g/mol. The minimum Gasteiger partial charge on any atom is -0.756 e. The Bertz CT molecular complexity index is 1560. The van der Waals surface area contributed by atoms with Crippen LogP contribution in [0.5, 0.6) is 0 Å². The van der Waals surface area contributed by atoms with Gasteiger partial charge in [-0.3, -0.25) is 14.2 Å². The Hall–Kier alpha value is -3.07. The van der Waals surface area contributed by atoms with Crippen LogP contribution in [0, 0.1) is 0 Å². The number of unbranched alkanes of at least 4 members (excludes halogenated alkanes) is 21. The van der Waals surface area contributed by atoms with Crippen molar-refractivity contribution in [1.82, 2.24) is 5.32 Å². The number of likely N-dealkylation sites (N-methyl/N-ethyl adjacent to an activating group) is 1. The van der Waals surface area contributed by atoms with Crippen LogP contribution in [0.15, 0.2) is 97.2 Å². The number of nitrogens with zero attached hydrogens (tertiary/aromatic N) is 1. The molecule has 0 radical (unpaired) electrons. The molecule has 3 atom stereocenters. The van der Waals surface area contributed by atoms with Crippen LogP contribution in [-0.4, -0.2) is 69.4 Å². The Morgan fingerprint density at radius 1 is 0.500 bits per heavy atom. The van der Waals surface area contributed by atoms with Crippen LogP contribution in [0.3, 0.4) is 0 Å². The molecule has 3 unspecified atom stereocenters. The fraction of sp³-hybridized carbons (Fsp3) is 0.710. The number of ether oxygens (including phenoxy) is 1. The fourth-order valence-electron chi connectivity index (χ4n) is 7.77. The first-order valence-electron chi connectivity index (χ1n) is 29.0. The molecular weight excluding hydrogens is 916 g/mol. The van der Waals surface area contributed by atoms with Crippen molar-refractivity contribution < 1.29 is 37.3 Å². The molecule has 414 valence electrons. The number of hydrogen-bond acceptors (Lipinski definition) is 7. The summed E-state index contributed by atoms with van der Waals surface area (Å²) in [5.41, 5.74) is 0. The van der Waals surface area contributed by atoms with Gasteiger partial charge in [0.25, 0.3) is 7.82 Å². The molecule has 0 aliphatic heterocycles. The van der Waals surface area contributed by atoms with Crippen LogP contribution in [-0.2, 0) is 27.9 Å². The maximum absolute atomic E-state index is 13.4. The normalized spacial score (nSPS) is 14.5. The Kier molecular flexibility index (Phi) is 49.2. The van der Waals surface area contributed by atoms with Gasteiger partial charge < -0.3 is 28.5 Å². The summed E-state index contributed by atoms with van der Waals surface area (Å²) in [6, 6.07) is -0.931. The first-order chi connectivity index (χ1) is 34.9. The van der Waals surface area contributed by atoms with E-state index in [1.54, 1.807) is 6.08 Å². The van der Waals surface area contributed by atoms with Gasteiger partial charge >= 0.3 is 5.97 Å². The first-order valence-corrected chi connectivity index (χ1v) is 30.5. The molecule has 0 aromatic heterocycles. The number of allylic oxidation sites excluding steroid dienone is 15. The average molecular weight is 1030 g/mol. The highest BCUT2D eigenvalue weighted by molar-refractivity contribution is 7.45. The number of phosphoric acid groups is 1. The van der Waals surface area contributed by atoms with E-state index in [2.05, 4.69) is 105 Å². The highest BCUT2D eigenvalue weighted by atomic mass is 31.2. The molecule has 0 heterocycles. The van der Waals surface area contributed by atoms with Crippen molar-refractivity contribution >= 4 is 19.7 Å². The lowest BCUT2D eigenvalue weighted by Crippen LogP contribution is -2.47. The van der Waals surface area contributed by atoms with Gasteiger partial charge in [-0.2, -0.15) is 0 Å². The Morgan fingerprint density at radius 2 is 0.903 bits per heavy atom. The molecule has 0 bridgehead atoms. The summed E-state index contributed by atoms with van der Waals surface area (Å²) in [5.74, 6) is -0.647. The predicted octanol–water partition coefficient (Wildman–Crippen LogP) is 17.0. The van der Waals surface area contributed by atoms with Gasteiger partial charge in [-0.1, -0.05) is 221 Å². The number of rotatable bonds is 51. The molecule has 0 aliphatic rings.